The predicted octanol–water partition coefficient (Wildman–Crippen LogP) is 2.08. The highest BCUT2D eigenvalue weighted by molar-refractivity contribution is 9.10. The number of hydrazone groups is 1. The molecule has 0 bridgehead atoms. The first-order valence-corrected chi connectivity index (χ1v) is 7.65. The molecule has 1 saturated heterocycles. The normalized spacial score (nSPS) is 22.3. The molecule has 0 amide bonds. The number of hydrogen-bond acceptors (Lipinski definition) is 5. The van der Waals surface area contributed by atoms with E-state index in [1.165, 1.54) is 4.90 Å². The zero-order chi connectivity index (χ0) is 15.9. The van der Waals surface area contributed by atoms with Crippen molar-refractivity contribution in [1.29, 1.82) is 0 Å². The van der Waals surface area contributed by atoms with Crippen LogP contribution in [-0.4, -0.2) is 52.6 Å². The van der Waals surface area contributed by atoms with E-state index in [1.54, 1.807) is 0 Å². The van der Waals surface area contributed by atoms with E-state index in [0.29, 0.717) is 26.2 Å². The summed E-state index contributed by atoms with van der Waals surface area (Å²) in [5, 5.41) is 3.44. The maximum Gasteiger partial charge on any atom is 0.451 e. The standard InChI is InChI=1S/C13H15BrF3N5/c1-8-9(2-3-10(14)18-8)6-21-4-5-22-11(7-21)19-20-12(22)13(15,16)17/h2-3,11,19H,4-7H2,1H3. The van der Waals surface area contributed by atoms with Gasteiger partial charge >= 0.3 is 6.18 Å². The predicted molar refractivity (Wildman–Crippen MR) is 79.1 cm³/mol. The summed E-state index contributed by atoms with van der Waals surface area (Å²) in [6.07, 6.45) is -4.83. The average Bonchev–Trinajstić information content (AvgIpc) is 2.85. The molecular formula is C13H15BrF3N5. The van der Waals surface area contributed by atoms with E-state index in [1.807, 2.05) is 19.1 Å². The van der Waals surface area contributed by atoms with Crippen LogP contribution in [0.2, 0.25) is 0 Å². The Morgan fingerprint density at radius 1 is 1.36 bits per heavy atom. The van der Waals surface area contributed by atoms with Crippen LogP contribution in [0.1, 0.15) is 11.3 Å². The van der Waals surface area contributed by atoms with Gasteiger partial charge in [0.1, 0.15) is 10.8 Å². The van der Waals surface area contributed by atoms with Gasteiger partial charge in [-0.2, -0.15) is 18.3 Å². The number of pyridine rings is 1. The van der Waals surface area contributed by atoms with Crippen LogP contribution in [0, 0.1) is 6.92 Å². The van der Waals surface area contributed by atoms with Crippen LogP contribution in [0.15, 0.2) is 21.8 Å². The van der Waals surface area contributed by atoms with E-state index in [2.05, 4.69) is 36.3 Å². The number of piperazine rings is 1. The van der Waals surface area contributed by atoms with Crippen LogP contribution < -0.4 is 5.43 Å². The number of aromatic nitrogens is 1. The molecule has 9 heteroatoms. The van der Waals surface area contributed by atoms with E-state index in [0.717, 1.165) is 15.9 Å². The first-order chi connectivity index (χ1) is 10.3. The number of nitrogens with zero attached hydrogens (tertiary/aromatic N) is 4. The van der Waals surface area contributed by atoms with Crippen molar-refractivity contribution in [3.05, 3.63) is 28.0 Å². The van der Waals surface area contributed by atoms with E-state index in [4.69, 9.17) is 0 Å². The lowest BCUT2D eigenvalue weighted by Gasteiger charge is -2.38. The molecule has 3 heterocycles. The number of halogens is 4. The zero-order valence-electron chi connectivity index (χ0n) is 11.9. The molecule has 1 aromatic heterocycles. The summed E-state index contributed by atoms with van der Waals surface area (Å²) >= 11 is 3.32. The van der Waals surface area contributed by atoms with Crippen molar-refractivity contribution in [2.45, 2.75) is 25.8 Å². The van der Waals surface area contributed by atoms with Gasteiger partial charge in [-0.3, -0.25) is 10.3 Å². The smallest absolute Gasteiger partial charge is 0.327 e. The Morgan fingerprint density at radius 3 is 2.82 bits per heavy atom. The monoisotopic (exact) mass is 377 g/mol. The fourth-order valence-corrected chi connectivity index (χ4v) is 3.14. The fraction of sp³-hybridized carbons (Fsp3) is 0.538. The van der Waals surface area contributed by atoms with Crippen molar-refractivity contribution in [1.82, 2.24) is 20.2 Å². The summed E-state index contributed by atoms with van der Waals surface area (Å²) in [6.45, 7) is 3.94. The minimum atomic E-state index is -4.41. The van der Waals surface area contributed by atoms with Gasteiger partial charge in [-0.05, 0) is 34.5 Å². The molecule has 0 aromatic carbocycles. The molecule has 1 atom stereocenters. The summed E-state index contributed by atoms with van der Waals surface area (Å²) in [4.78, 5) is 7.75. The molecule has 1 aromatic rings. The van der Waals surface area contributed by atoms with Crippen molar-refractivity contribution in [2.24, 2.45) is 5.10 Å². The van der Waals surface area contributed by atoms with Gasteiger partial charge in [-0.25, -0.2) is 4.98 Å². The van der Waals surface area contributed by atoms with E-state index in [-0.39, 0.29) is 0 Å². The minimum Gasteiger partial charge on any atom is -0.327 e. The largest absolute Gasteiger partial charge is 0.451 e. The molecule has 0 aliphatic carbocycles. The Hall–Kier alpha value is -1.35. The third-order valence-electron chi connectivity index (χ3n) is 3.86. The van der Waals surface area contributed by atoms with Gasteiger partial charge < -0.3 is 4.90 Å². The second kappa shape index (κ2) is 5.69. The fourth-order valence-electron chi connectivity index (χ4n) is 2.74. The number of aryl methyl sites for hydroxylation is 1. The Bertz CT molecular complexity index is 604. The maximum absolute atomic E-state index is 12.8. The number of fused-ring (bicyclic) bond motifs is 1. The number of alkyl halides is 3. The lowest BCUT2D eigenvalue weighted by molar-refractivity contribution is -0.0709. The van der Waals surface area contributed by atoms with Crippen LogP contribution in [0.4, 0.5) is 13.2 Å². The van der Waals surface area contributed by atoms with Crippen LogP contribution in [0.5, 0.6) is 0 Å². The molecule has 0 radical (unpaired) electrons. The molecule has 5 nitrogen and oxygen atoms in total. The van der Waals surface area contributed by atoms with E-state index < -0.39 is 18.2 Å². The van der Waals surface area contributed by atoms with Crippen molar-refractivity contribution in [3.8, 4) is 0 Å². The number of rotatable bonds is 2. The molecule has 1 N–H and O–H groups in total. The highest BCUT2D eigenvalue weighted by atomic mass is 79.9. The number of hydrogen-bond donors (Lipinski definition) is 1. The van der Waals surface area contributed by atoms with E-state index >= 15 is 0 Å². The van der Waals surface area contributed by atoms with Crippen molar-refractivity contribution in [3.63, 3.8) is 0 Å². The molecule has 2 aliphatic rings. The first-order valence-electron chi connectivity index (χ1n) is 6.86. The molecule has 1 fully saturated rings. The lowest BCUT2D eigenvalue weighted by atomic mass is 10.1. The Balaban J connectivity index is 1.65. The SMILES string of the molecule is Cc1nc(Br)ccc1CN1CCN2C(C(F)(F)F)=NNC2C1. The molecule has 1 unspecified atom stereocenters. The van der Waals surface area contributed by atoms with Gasteiger partial charge in [0.2, 0.25) is 5.84 Å². The Kier molecular flexibility index (Phi) is 4.02. The summed E-state index contributed by atoms with van der Waals surface area (Å²) in [5.41, 5.74) is 4.58. The molecule has 3 rings (SSSR count). The zero-order valence-corrected chi connectivity index (χ0v) is 13.4. The second-order valence-electron chi connectivity index (χ2n) is 5.39. The highest BCUT2D eigenvalue weighted by Crippen LogP contribution is 2.26. The van der Waals surface area contributed by atoms with Crippen LogP contribution in [0.3, 0.4) is 0 Å². The van der Waals surface area contributed by atoms with Crippen molar-refractivity contribution in [2.75, 3.05) is 19.6 Å². The third kappa shape index (κ3) is 3.05. The average molecular weight is 378 g/mol. The van der Waals surface area contributed by atoms with Gasteiger partial charge in [0.15, 0.2) is 0 Å². The number of amidine groups is 1. The molecular weight excluding hydrogens is 363 g/mol. The van der Waals surface area contributed by atoms with Gasteiger partial charge in [0.05, 0.1) is 0 Å². The summed E-state index contributed by atoms with van der Waals surface area (Å²) < 4.78 is 39.3. The summed E-state index contributed by atoms with van der Waals surface area (Å²) in [5.74, 6) is -0.821. The number of nitrogens with one attached hydrogen (secondary N) is 1. The van der Waals surface area contributed by atoms with Gasteiger partial charge in [-0.15, -0.1) is 0 Å². The second-order valence-corrected chi connectivity index (χ2v) is 6.20. The Labute approximate surface area is 134 Å². The molecule has 2 aliphatic heterocycles. The minimum absolute atomic E-state index is 0.305. The maximum atomic E-state index is 12.8. The van der Waals surface area contributed by atoms with Gasteiger partial charge in [-0.1, -0.05) is 6.07 Å². The van der Waals surface area contributed by atoms with Crippen LogP contribution in [0.25, 0.3) is 0 Å². The first kappa shape index (κ1) is 15.5. The van der Waals surface area contributed by atoms with Crippen molar-refractivity contribution < 1.29 is 13.2 Å². The molecule has 120 valence electrons. The third-order valence-corrected chi connectivity index (χ3v) is 4.31. The lowest BCUT2D eigenvalue weighted by Crippen LogP contribution is -2.57. The molecule has 22 heavy (non-hydrogen) atoms. The van der Waals surface area contributed by atoms with Gasteiger partial charge in [0.25, 0.3) is 0 Å². The summed E-state index contributed by atoms with van der Waals surface area (Å²) in [6, 6.07) is 3.86. The van der Waals surface area contributed by atoms with E-state index in [9.17, 15) is 13.2 Å². The Morgan fingerprint density at radius 2 is 2.14 bits per heavy atom. The molecule has 0 saturated carbocycles. The topological polar surface area (TPSA) is 43.8 Å². The summed E-state index contributed by atoms with van der Waals surface area (Å²) in [7, 11) is 0. The van der Waals surface area contributed by atoms with Crippen molar-refractivity contribution >= 4 is 21.8 Å². The van der Waals surface area contributed by atoms with Crippen LogP contribution in [-0.2, 0) is 6.54 Å². The van der Waals surface area contributed by atoms with Gasteiger partial charge in [0, 0.05) is 31.9 Å². The highest BCUT2D eigenvalue weighted by Gasteiger charge is 2.47. The van der Waals surface area contributed by atoms with Crippen LogP contribution >= 0.6 is 15.9 Å². The quantitative estimate of drug-likeness (QED) is 0.801. The molecule has 0 spiro atoms.